The van der Waals surface area contributed by atoms with Crippen molar-refractivity contribution in [3.63, 3.8) is 0 Å². The summed E-state index contributed by atoms with van der Waals surface area (Å²) in [6, 6.07) is 0. The summed E-state index contributed by atoms with van der Waals surface area (Å²) in [7, 11) is 0. The summed E-state index contributed by atoms with van der Waals surface area (Å²) in [5.41, 5.74) is 0. The second-order valence-electron chi connectivity index (χ2n) is 3.31. The van der Waals surface area contributed by atoms with E-state index in [1.54, 1.807) is 0 Å². The average molecular weight is 491 g/mol. The Morgan fingerprint density at radius 3 is 1.63 bits per heavy atom. The van der Waals surface area contributed by atoms with Crippen LogP contribution in [-0.4, -0.2) is 24.3 Å². The number of allylic oxidation sites excluding steroid dienone is 1. The molecule has 0 aliphatic rings. The number of rotatable bonds is 6. The molecule has 1 atom stereocenters. The van der Waals surface area contributed by atoms with Gasteiger partial charge in [0.2, 0.25) is 0 Å². The van der Waals surface area contributed by atoms with Crippen LogP contribution in [0.2, 0.25) is 0 Å². The quantitative estimate of drug-likeness (QED) is 0.336. The lowest BCUT2D eigenvalue weighted by atomic mass is 10.1. The van der Waals surface area contributed by atoms with E-state index in [1.807, 2.05) is 0 Å². The van der Waals surface area contributed by atoms with Crippen LogP contribution in [0.25, 0.3) is 0 Å². The molecule has 114 valence electrons. The predicted octanol–water partition coefficient (Wildman–Crippen LogP) is 7.63. The summed E-state index contributed by atoms with van der Waals surface area (Å²) in [5, 5.41) is -1.61. The summed E-state index contributed by atoms with van der Waals surface area (Å²) in [6.45, 7) is 0. The number of alkyl halides is 8. The SMILES string of the molecule is ClCCC(Cl)(Cl)C(Cl)(Cl)C(Cl)(Cl)C(Cl)C(Cl)=C(Cl)Cl. The third kappa shape index (κ3) is 4.95. The Hall–Kier alpha value is 2.93. The maximum Gasteiger partial charge on any atom is 0.185 e. The number of hydrogen-bond acceptors (Lipinski definition) is 0. The van der Waals surface area contributed by atoms with Crippen LogP contribution in [0, 0.1) is 0 Å². The van der Waals surface area contributed by atoms with Gasteiger partial charge in [0.15, 0.2) is 13.0 Å². The van der Waals surface area contributed by atoms with Gasteiger partial charge in [-0.2, -0.15) is 0 Å². The van der Waals surface area contributed by atoms with Crippen LogP contribution >= 0.6 is 128 Å². The van der Waals surface area contributed by atoms with Gasteiger partial charge in [-0.1, -0.05) is 104 Å². The largest absolute Gasteiger partial charge is 0.185 e. The third-order valence-corrected chi connectivity index (χ3v) is 8.05. The lowest BCUT2D eigenvalue weighted by Crippen LogP contribution is -2.54. The molecule has 0 aromatic carbocycles. The first-order valence-electron chi connectivity index (χ1n) is 4.37. The Balaban J connectivity index is 5.57. The van der Waals surface area contributed by atoms with E-state index < -0.39 is 18.4 Å². The van der Waals surface area contributed by atoms with Gasteiger partial charge >= 0.3 is 0 Å². The Kier molecular flexibility index (Phi) is 9.41. The van der Waals surface area contributed by atoms with E-state index in [-0.39, 0.29) is 21.8 Å². The van der Waals surface area contributed by atoms with Crippen LogP contribution in [0.5, 0.6) is 0 Å². The van der Waals surface area contributed by atoms with E-state index in [0.717, 1.165) is 0 Å². The monoisotopic (exact) mass is 486 g/mol. The van der Waals surface area contributed by atoms with Gasteiger partial charge in [0.1, 0.15) is 9.87 Å². The van der Waals surface area contributed by atoms with Crippen molar-refractivity contribution in [1.29, 1.82) is 0 Å². The van der Waals surface area contributed by atoms with Gasteiger partial charge in [0.05, 0.1) is 5.03 Å². The topological polar surface area (TPSA) is 0 Å². The first kappa shape index (κ1) is 21.9. The summed E-state index contributed by atoms with van der Waals surface area (Å²) < 4.78 is -6.34. The maximum absolute atomic E-state index is 6.07. The fraction of sp³-hybridized carbons (Fsp3) is 0.750. The van der Waals surface area contributed by atoms with Crippen molar-refractivity contribution in [1.82, 2.24) is 0 Å². The smallest absolute Gasteiger partial charge is 0.127 e. The highest BCUT2D eigenvalue weighted by Gasteiger charge is 2.63. The van der Waals surface area contributed by atoms with E-state index in [2.05, 4.69) is 0 Å². The number of halogens is 11. The summed E-state index contributed by atoms with van der Waals surface area (Å²) in [5.74, 6) is 0.0604. The molecule has 0 rings (SSSR count). The molecular weight excluding hydrogens is 486 g/mol. The molecule has 0 amide bonds. The van der Waals surface area contributed by atoms with Crippen molar-refractivity contribution in [2.24, 2.45) is 0 Å². The van der Waals surface area contributed by atoms with Gasteiger partial charge in [-0.15, -0.1) is 23.2 Å². The average Bonchev–Trinajstić information content (AvgIpc) is 2.26. The molecule has 0 aromatic heterocycles. The van der Waals surface area contributed by atoms with Crippen LogP contribution in [-0.2, 0) is 0 Å². The Labute approximate surface area is 166 Å². The van der Waals surface area contributed by atoms with E-state index in [0.29, 0.717) is 0 Å². The van der Waals surface area contributed by atoms with Crippen molar-refractivity contribution in [3.05, 3.63) is 9.52 Å². The molecule has 0 saturated heterocycles. The van der Waals surface area contributed by atoms with Gasteiger partial charge in [-0.25, -0.2) is 0 Å². The fourth-order valence-corrected chi connectivity index (χ4v) is 4.03. The molecule has 19 heavy (non-hydrogen) atoms. The molecule has 0 aliphatic heterocycles. The predicted molar refractivity (Wildman–Crippen MR) is 92.9 cm³/mol. The van der Waals surface area contributed by atoms with Gasteiger partial charge in [0, 0.05) is 5.88 Å². The second kappa shape index (κ2) is 8.15. The molecule has 0 saturated carbocycles. The molecule has 0 radical (unpaired) electrons. The van der Waals surface area contributed by atoms with E-state index in [1.165, 1.54) is 0 Å². The third-order valence-electron chi connectivity index (χ3n) is 2.01. The van der Waals surface area contributed by atoms with E-state index >= 15 is 0 Å². The minimum atomic E-state index is -2.11. The van der Waals surface area contributed by atoms with Gasteiger partial charge in [-0.3, -0.25) is 0 Å². The van der Waals surface area contributed by atoms with E-state index in [9.17, 15) is 0 Å². The van der Waals surface area contributed by atoms with Gasteiger partial charge < -0.3 is 0 Å². The molecule has 0 nitrogen and oxygen atoms in total. The molecule has 0 N–H and O–H groups in total. The van der Waals surface area contributed by atoms with Crippen LogP contribution in [0.1, 0.15) is 6.42 Å². The molecule has 0 spiro atoms. The molecule has 0 aliphatic carbocycles. The van der Waals surface area contributed by atoms with Crippen molar-refractivity contribution < 1.29 is 0 Å². The molecular formula is C8H5Cl11. The first-order valence-corrected chi connectivity index (χ1v) is 8.74. The molecule has 11 heteroatoms. The Morgan fingerprint density at radius 2 is 1.32 bits per heavy atom. The highest BCUT2D eigenvalue weighted by atomic mass is 35.6. The number of hydrogen-bond donors (Lipinski definition) is 0. The minimum absolute atomic E-state index is 0.00853. The highest BCUT2D eigenvalue weighted by Crippen LogP contribution is 2.59. The molecule has 0 aromatic rings. The zero-order valence-corrected chi connectivity index (χ0v) is 17.0. The van der Waals surface area contributed by atoms with E-state index in [4.69, 9.17) is 128 Å². The van der Waals surface area contributed by atoms with Crippen LogP contribution < -0.4 is 0 Å². The zero-order chi connectivity index (χ0) is 15.6. The Morgan fingerprint density at radius 1 is 0.895 bits per heavy atom. The van der Waals surface area contributed by atoms with Crippen LogP contribution in [0.3, 0.4) is 0 Å². The summed E-state index contributed by atoms with van der Waals surface area (Å²) >= 11 is 64.5. The molecule has 0 bridgehead atoms. The lowest BCUT2D eigenvalue weighted by Gasteiger charge is -2.42. The van der Waals surface area contributed by atoms with Crippen LogP contribution in [0.15, 0.2) is 9.52 Å². The maximum atomic E-state index is 6.07. The summed E-state index contributed by atoms with van der Waals surface area (Å²) in [6.07, 6.45) is -0.00853. The highest BCUT2D eigenvalue weighted by molar-refractivity contribution is 6.71. The zero-order valence-electron chi connectivity index (χ0n) is 8.65. The fourth-order valence-electron chi connectivity index (χ4n) is 0.934. The van der Waals surface area contributed by atoms with Crippen molar-refractivity contribution in [3.8, 4) is 0 Å². The Bertz CT molecular complexity index is 341. The molecule has 1 unspecified atom stereocenters. The van der Waals surface area contributed by atoms with Crippen molar-refractivity contribution in [2.75, 3.05) is 5.88 Å². The van der Waals surface area contributed by atoms with Crippen molar-refractivity contribution >= 4 is 128 Å². The normalized spacial score (nSPS) is 15.3. The van der Waals surface area contributed by atoms with Crippen LogP contribution in [0.4, 0.5) is 0 Å². The first-order chi connectivity index (χ1) is 8.33. The second-order valence-corrected chi connectivity index (χ2v) is 9.68. The molecule has 0 fully saturated rings. The molecule has 0 heterocycles. The van der Waals surface area contributed by atoms with Gasteiger partial charge in [-0.05, 0) is 6.42 Å². The standard InChI is InChI=1S/C8H5Cl11/c9-2-1-6(14,15)8(18,19)7(16,17)4(11)3(10)5(12)13/h4H,1-2H2. The van der Waals surface area contributed by atoms with Gasteiger partial charge in [0.25, 0.3) is 0 Å². The van der Waals surface area contributed by atoms with Crippen molar-refractivity contribution in [2.45, 2.75) is 24.8 Å². The summed E-state index contributed by atoms with van der Waals surface area (Å²) in [4.78, 5) is 0. The lowest BCUT2D eigenvalue weighted by molar-refractivity contribution is 0.569. The minimum Gasteiger partial charge on any atom is -0.127 e.